The molecule has 0 saturated heterocycles. The smallest absolute Gasteiger partial charge is 0.241 e. The first-order chi connectivity index (χ1) is 8.45. The van der Waals surface area contributed by atoms with Crippen molar-refractivity contribution >= 4 is 27.5 Å². The monoisotopic (exact) mass is 313 g/mol. The Morgan fingerprint density at radius 3 is 2.56 bits per heavy atom. The lowest BCUT2D eigenvalue weighted by atomic mass is 10.1. The number of hydrogen-bond donors (Lipinski definition) is 1. The van der Waals surface area contributed by atoms with Crippen LogP contribution in [0.5, 0.6) is 0 Å². The average molecular weight is 314 g/mol. The number of carbonyl (C=O) groups is 1. The second-order valence-corrected chi connectivity index (χ2v) is 5.36. The van der Waals surface area contributed by atoms with Crippen molar-refractivity contribution in [2.24, 2.45) is 0 Å². The average Bonchev–Trinajstić information content (AvgIpc) is 2.31. The fraction of sp³-hybridized carbons (Fsp3) is 0.462. The molecule has 0 heterocycles. The first-order valence-corrected chi connectivity index (χ1v) is 6.59. The second-order valence-electron chi connectivity index (χ2n) is 4.45. The summed E-state index contributed by atoms with van der Waals surface area (Å²) >= 11 is 3.47. The van der Waals surface area contributed by atoms with Crippen LogP contribution in [-0.4, -0.2) is 45.5 Å². The van der Waals surface area contributed by atoms with Crippen molar-refractivity contribution < 1.29 is 4.79 Å². The molecule has 0 unspecified atom stereocenters. The third-order valence-corrected chi connectivity index (χ3v) is 3.19. The van der Waals surface area contributed by atoms with E-state index in [1.807, 2.05) is 31.1 Å². The SMILES string of the molecule is CNCc1ccc(Br)cc1N(C)CC(=O)N(C)C. The number of halogens is 1. The molecule has 0 spiro atoms. The Hall–Kier alpha value is -1.07. The van der Waals surface area contributed by atoms with Crippen LogP contribution in [0.4, 0.5) is 5.69 Å². The van der Waals surface area contributed by atoms with Gasteiger partial charge in [-0.1, -0.05) is 22.0 Å². The number of carbonyl (C=O) groups excluding carboxylic acids is 1. The molecule has 4 nitrogen and oxygen atoms in total. The predicted octanol–water partition coefficient (Wildman–Crippen LogP) is 1.69. The van der Waals surface area contributed by atoms with Gasteiger partial charge in [0.15, 0.2) is 0 Å². The summed E-state index contributed by atoms with van der Waals surface area (Å²) in [4.78, 5) is 15.3. The number of hydrogen-bond acceptors (Lipinski definition) is 3. The molecule has 0 atom stereocenters. The van der Waals surface area contributed by atoms with E-state index in [-0.39, 0.29) is 5.91 Å². The molecule has 0 aliphatic heterocycles. The molecule has 0 radical (unpaired) electrons. The van der Waals surface area contributed by atoms with Crippen LogP contribution in [0.15, 0.2) is 22.7 Å². The molecule has 1 amide bonds. The number of rotatable bonds is 5. The summed E-state index contributed by atoms with van der Waals surface area (Å²) < 4.78 is 1.02. The van der Waals surface area contributed by atoms with Gasteiger partial charge >= 0.3 is 0 Å². The van der Waals surface area contributed by atoms with E-state index in [0.717, 1.165) is 16.7 Å². The molecule has 100 valence electrons. The van der Waals surface area contributed by atoms with Gasteiger partial charge in [-0.25, -0.2) is 0 Å². The van der Waals surface area contributed by atoms with Crippen molar-refractivity contribution in [3.63, 3.8) is 0 Å². The Morgan fingerprint density at radius 1 is 1.33 bits per heavy atom. The largest absolute Gasteiger partial charge is 0.365 e. The van der Waals surface area contributed by atoms with E-state index < -0.39 is 0 Å². The van der Waals surface area contributed by atoms with Crippen molar-refractivity contribution in [2.45, 2.75) is 6.54 Å². The Bertz CT molecular complexity index is 421. The predicted molar refractivity (Wildman–Crippen MR) is 78.9 cm³/mol. The minimum absolute atomic E-state index is 0.0906. The van der Waals surface area contributed by atoms with Crippen molar-refractivity contribution in [1.29, 1.82) is 0 Å². The van der Waals surface area contributed by atoms with Crippen LogP contribution < -0.4 is 10.2 Å². The molecule has 1 aromatic carbocycles. The van der Waals surface area contributed by atoms with Gasteiger partial charge in [0, 0.05) is 37.8 Å². The molecule has 0 saturated carbocycles. The van der Waals surface area contributed by atoms with Crippen LogP contribution in [0.3, 0.4) is 0 Å². The zero-order chi connectivity index (χ0) is 13.7. The lowest BCUT2D eigenvalue weighted by molar-refractivity contribution is -0.127. The van der Waals surface area contributed by atoms with Crippen LogP contribution >= 0.6 is 15.9 Å². The van der Waals surface area contributed by atoms with Crippen LogP contribution in [0, 0.1) is 0 Å². The Morgan fingerprint density at radius 2 is 2.00 bits per heavy atom. The first-order valence-electron chi connectivity index (χ1n) is 5.80. The number of likely N-dealkylation sites (N-methyl/N-ethyl adjacent to an activating group) is 2. The van der Waals surface area contributed by atoms with E-state index >= 15 is 0 Å². The number of benzene rings is 1. The fourth-order valence-corrected chi connectivity index (χ4v) is 2.01. The lowest BCUT2D eigenvalue weighted by Crippen LogP contribution is -2.34. The summed E-state index contributed by atoms with van der Waals surface area (Å²) in [6, 6.07) is 6.11. The van der Waals surface area contributed by atoms with Crippen LogP contribution in [-0.2, 0) is 11.3 Å². The zero-order valence-corrected chi connectivity index (χ0v) is 12.9. The summed E-state index contributed by atoms with van der Waals surface area (Å²) in [5.74, 6) is 0.0906. The maximum atomic E-state index is 11.7. The van der Waals surface area contributed by atoms with Gasteiger partial charge in [0.05, 0.1) is 6.54 Å². The van der Waals surface area contributed by atoms with E-state index in [1.165, 1.54) is 5.56 Å². The number of nitrogens with zero attached hydrogens (tertiary/aromatic N) is 2. The van der Waals surface area contributed by atoms with Gasteiger partial charge in [0.1, 0.15) is 0 Å². The van der Waals surface area contributed by atoms with Gasteiger partial charge in [-0.2, -0.15) is 0 Å². The summed E-state index contributed by atoms with van der Waals surface area (Å²) in [7, 11) is 7.39. The van der Waals surface area contributed by atoms with Gasteiger partial charge < -0.3 is 15.1 Å². The maximum Gasteiger partial charge on any atom is 0.241 e. The van der Waals surface area contributed by atoms with Crippen LogP contribution in [0.2, 0.25) is 0 Å². The molecular weight excluding hydrogens is 294 g/mol. The molecule has 0 bridgehead atoms. The highest BCUT2D eigenvalue weighted by molar-refractivity contribution is 9.10. The van der Waals surface area contributed by atoms with E-state index in [1.54, 1.807) is 19.0 Å². The summed E-state index contributed by atoms with van der Waals surface area (Å²) in [5.41, 5.74) is 2.24. The molecule has 1 N–H and O–H groups in total. The molecule has 5 heteroatoms. The van der Waals surface area contributed by atoms with E-state index in [9.17, 15) is 4.79 Å². The molecular formula is C13H20BrN3O. The molecule has 1 rings (SSSR count). The summed E-state index contributed by atoms with van der Waals surface area (Å²) in [5, 5.41) is 3.14. The topological polar surface area (TPSA) is 35.6 Å². The Balaban J connectivity index is 2.92. The maximum absolute atomic E-state index is 11.7. The number of anilines is 1. The third-order valence-electron chi connectivity index (χ3n) is 2.70. The summed E-state index contributed by atoms with van der Waals surface area (Å²) in [6.07, 6.45) is 0. The Kier molecular flexibility index (Phi) is 5.62. The van der Waals surface area contributed by atoms with E-state index in [0.29, 0.717) is 6.54 Å². The Labute approximate surface area is 117 Å². The van der Waals surface area contributed by atoms with Crippen molar-refractivity contribution in [2.75, 3.05) is 39.6 Å². The molecule has 0 aliphatic rings. The fourth-order valence-electron chi connectivity index (χ4n) is 1.66. The minimum atomic E-state index is 0.0906. The quantitative estimate of drug-likeness (QED) is 0.898. The number of amides is 1. The molecule has 18 heavy (non-hydrogen) atoms. The normalized spacial score (nSPS) is 10.3. The van der Waals surface area contributed by atoms with Crippen LogP contribution in [0.1, 0.15) is 5.56 Å². The van der Waals surface area contributed by atoms with Gasteiger partial charge in [0.25, 0.3) is 0 Å². The number of nitrogens with one attached hydrogen (secondary N) is 1. The highest BCUT2D eigenvalue weighted by Crippen LogP contribution is 2.24. The van der Waals surface area contributed by atoms with Gasteiger partial charge in [-0.3, -0.25) is 4.79 Å². The van der Waals surface area contributed by atoms with Crippen molar-refractivity contribution in [3.05, 3.63) is 28.2 Å². The van der Waals surface area contributed by atoms with Gasteiger partial charge in [-0.05, 0) is 24.7 Å². The van der Waals surface area contributed by atoms with Crippen LogP contribution in [0.25, 0.3) is 0 Å². The first kappa shape index (κ1) is 15.0. The zero-order valence-electron chi connectivity index (χ0n) is 11.3. The molecule has 0 fully saturated rings. The van der Waals surface area contributed by atoms with Crippen molar-refractivity contribution in [1.82, 2.24) is 10.2 Å². The second kappa shape index (κ2) is 6.75. The van der Waals surface area contributed by atoms with E-state index in [4.69, 9.17) is 0 Å². The molecule has 0 aromatic heterocycles. The summed E-state index contributed by atoms with van der Waals surface area (Å²) in [6.45, 7) is 1.16. The lowest BCUT2D eigenvalue weighted by Gasteiger charge is -2.24. The minimum Gasteiger partial charge on any atom is -0.365 e. The van der Waals surface area contributed by atoms with Gasteiger partial charge in [-0.15, -0.1) is 0 Å². The standard InChI is InChI=1S/C13H20BrN3O/c1-15-8-10-5-6-11(14)7-12(10)17(4)9-13(18)16(2)3/h5-7,15H,8-9H2,1-4H3. The van der Waals surface area contributed by atoms with E-state index in [2.05, 4.69) is 27.3 Å². The highest BCUT2D eigenvalue weighted by atomic mass is 79.9. The van der Waals surface area contributed by atoms with Gasteiger partial charge in [0.2, 0.25) is 5.91 Å². The van der Waals surface area contributed by atoms with Crippen molar-refractivity contribution in [3.8, 4) is 0 Å². The third kappa shape index (κ3) is 3.99. The molecule has 0 aliphatic carbocycles. The highest BCUT2D eigenvalue weighted by Gasteiger charge is 2.12. The molecule has 1 aromatic rings.